The molecule has 1 saturated heterocycles. The fraction of sp³-hybridized carbons (Fsp3) is 0.538. The Morgan fingerprint density at radius 2 is 1.43 bits per heavy atom. The second-order valence-electron chi connectivity index (χ2n) is 5.47. The van der Waals surface area contributed by atoms with Gasteiger partial charge in [0.15, 0.2) is 0 Å². The van der Waals surface area contributed by atoms with Crippen LogP contribution in [0.3, 0.4) is 0 Å². The van der Waals surface area contributed by atoms with Gasteiger partial charge in [-0.3, -0.25) is 0 Å². The first kappa shape index (κ1) is 20.3. The lowest BCUT2D eigenvalue weighted by molar-refractivity contribution is 0.263. The van der Waals surface area contributed by atoms with Gasteiger partial charge in [0, 0.05) is 25.2 Å². The lowest BCUT2D eigenvalue weighted by Crippen LogP contribution is -2.55. The third kappa shape index (κ3) is 4.43. The zero-order chi connectivity index (χ0) is 16.5. The van der Waals surface area contributed by atoms with Crippen molar-refractivity contribution in [2.45, 2.75) is 35.7 Å². The van der Waals surface area contributed by atoms with Crippen molar-refractivity contribution in [2.24, 2.45) is 0 Å². The summed E-state index contributed by atoms with van der Waals surface area (Å²) in [4.78, 5) is 0.139. The predicted octanol–water partition coefficient (Wildman–Crippen LogP) is 0.387. The number of hydrogen-bond acceptors (Lipinski definition) is 5. The van der Waals surface area contributed by atoms with Gasteiger partial charge in [-0.15, -0.1) is 12.4 Å². The molecule has 23 heavy (non-hydrogen) atoms. The fourth-order valence-corrected chi connectivity index (χ4v) is 4.88. The van der Waals surface area contributed by atoms with E-state index < -0.39 is 20.0 Å². The second kappa shape index (κ2) is 7.45. The number of benzene rings is 1. The Labute approximate surface area is 144 Å². The highest BCUT2D eigenvalue weighted by Gasteiger charge is 2.31. The lowest BCUT2D eigenvalue weighted by Gasteiger charge is -2.35. The maximum Gasteiger partial charge on any atom is 0.243 e. The van der Waals surface area contributed by atoms with Crippen molar-refractivity contribution in [2.75, 3.05) is 20.1 Å². The molecule has 1 fully saturated rings. The highest BCUT2D eigenvalue weighted by Crippen LogP contribution is 2.20. The molecule has 0 radical (unpaired) electrons. The summed E-state index contributed by atoms with van der Waals surface area (Å²) in [5.74, 6) is 0. The number of nitrogens with one attached hydrogen (secondary N) is 2. The molecule has 0 amide bonds. The molecular formula is C13H22ClN3O4S2. The average Bonchev–Trinajstić information content (AvgIpc) is 2.46. The van der Waals surface area contributed by atoms with Crippen molar-refractivity contribution in [1.29, 1.82) is 0 Å². The lowest BCUT2D eigenvalue weighted by atomic mass is 10.2. The number of nitrogens with zero attached hydrogens (tertiary/aromatic N) is 1. The molecule has 1 aliphatic heterocycles. The summed E-state index contributed by atoms with van der Waals surface area (Å²) >= 11 is 0. The van der Waals surface area contributed by atoms with Crippen LogP contribution in [0.4, 0.5) is 0 Å². The van der Waals surface area contributed by atoms with Crippen LogP contribution in [0.2, 0.25) is 0 Å². The molecule has 1 heterocycles. The van der Waals surface area contributed by atoms with Crippen LogP contribution in [0, 0.1) is 0 Å². The summed E-state index contributed by atoms with van der Waals surface area (Å²) in [5, 5.41) is 3.28. The maximum absolute atomic E-state index is 12.6. The van der Waals surface area contributed by atoms with Crippen molar-refractivity contribution in [3.8, 4) is 0 Å². The zero-order valence-electron chi connectivity index (χ0n) is 13.2. The Morgan fingerprint density at radius 1 is 1.00 bits per heavy atom. The van der Waals surface area contributed by atoms with E-state index in [2.05, 4.69) is 10.0 Å². The quantitative estimate of drug-likeness (QED) is 0.784. The van der Waals surface area contributed by atoms with Crippen LogP contribution in [-0.4, -0.2) is 53.4 Å². The first-order valence-corrected chi connectivity index (χ1v) is 9.89. The SMILES string of the molecule is CNS(=O)(=O)c1ccc(S(=O)(=O)N2CC(C)NC(C)C2)cc1.Cl. The number of hydrogen-bond donors (Lipinski definition) is 2. The van der Waals surface area contributed by atoms with Crippen LogP contribution in [0.15, 0.2) is 34.1 Å². The van der Waals surface area contributed by atoms with E-state index in [1.165, 1.54) is 35.6 Å². The molecule has 1 aromatic carbocycles. The highest BCUT2D eigenvalue weighted by atomic mass is 35.5. The largest absolute Gasteiger partial charge is 0.309 e. The zero-order valence-corrected chi connectivity index (χ0v) is 15.6. The van der Waals surface area contributed by atoms with Gasteiger partial charge in [0.05, 0.1) is 9.79 Å². The minimum atomic E-state index is -3.62. The molecule has 1 aliphatic rings. The van der Waals surface area contributed by atoms with E-state index in [0.29, 0.717) is 13.1 Å². The van der Waals surface area contributed by atoms with E-state index >= 15 is 0 Å². The van der Waals surface area contributed by atoms with Gasteiger partial charge in [0.25, 0.3) is 0 Å². The van der Waals surface area contributed by atoms with Crippen LogP contribution >= 0.6 is 12.4 Å². The van der Waals surface area contributed by atoms with Gasteiger partial charge in [-0.05, 0) is 45.2 Å². The van der Waals surface area contributed by atoms with Crippen molar-refractivity contribution in [3.05, 3.63) is 24.3 Å². The molecule has 7 nitrogen and oxygen atoms in total. The molecule has 2 unspecified atom stereocenters. The van der Waals surface area contributed by atoms with Gasteiger partial charge in [0.2, 0.25) is 20.0 Å². The molecule has 0 bridgehead atoms. The van der Waals surface area contributed by atoms with E-state index in [-0.39, 0.29) is 34.3 Å². The molecule has 0 aromatic heterocycles. The molecule has 2 N–H and O–H groups in total. The van der Waals surface area contributed by atoms with E-state index in [1.54, 1.807) is 0 Å². The van der Waals surface area contributed by atoms with Crippen LogP contribution in [-0.2, 0) is 20.0 Å². The summed E-state index contributed by atoms with van der Waals surface area (Å²) in [6.07, 6.45) is 0. The van der Waals surface area contributed by atoms with E-state index in [4.69, 9.17) is 0 Å². The van der Waals surface area contributed by atoms with Crippen molar-refractivity contribution < 1.29 is 16.8 Å². The number of halogens is 1. The Hall–Kier alpha value is -0.710. The highest BCUT2D eigenvalue weighted by molar-refractivity contribution is 7.89. The van der Waals surface area contributed by atoms with Gasteiger partial charge in [-0.1, -0.05) is 0 Å². The summed E-state index contributed by atoms with van der Waals surface area (Å²) < 4.78 is 52.3. The number of rotatable bonds is 4. The first-order chi connectivity index (χ1) is 10.2. The summed E-state index contributed by atoms with van der Waals surface area (Å²) in [6, 6.07) is 5.40. The van der Waals surface area contributed by atoms with Crippen molar-refractivity contribution in [3.63, 3.8) is 0 Å². The first-order valence-electron chi connectivity index (χ1n) is 6.96. The molecule has 0 aliphatic carbocycles. The van der Waals surface area contributed by atoms with E-state index in [0.717, 1.165) is 0 Å². The Bertz CT molecular complexity index is 725. The van der Waals surface area contributed by atoms with Crippen molar-refractivity contribution in [1.82, 2.24) is 14.3 Å². The fourth-order valence-electron chi connectivity index (χ4n) is 2.53. The molecule has 1 aromatic rings. The van der Waals surface area contributed by atoms with Crippen LogP contribution in [0.25, 0.3) is 0 Å². The Kier molecular flexibility index (Phi) is 6.59. The van der Waals surface area contributed by atoms with Gasteiger partial charge < -0.3 is 5.32 Å². The summed E-state index contributed by atoms with van der Waals surface area (Å²) in [7, 11) is -5.88. The summed E-state index contributed by atoms with van der Waals surface area (Å²) in [6.45, 7) is 4.65. The molecule has 0 spiro atoms. The Balaban J connectivity index is 0.00000264. The van der Waals surface area contributed by atoms with Crippen LogP contribution < -0.4 is 10.0 Å². The molecular weight excluding hydrogens is 362 g/mol. The minimum Gasteiger partial charge on any atom is -0.309 e. The van der Waals surface area contributed by atoms with Gasteiger partial charge in [-0.2, -0.15) is 4.31 Å². The molecule has 10 heteroatoms. The second-order valence-corrected chi connectivity index (χ2v) is 9.29. The molecule has 2 atom stereocenters. The van der Waals surface area contributed by atoms with E-state index in [9.17, 15) is 16.8 Å². The predicted molar refractivity (Wildman–Crippen MR) is 90.8 cm³/mol. The molecule has 0 saturated carbocycles. The normalized spacial score (nSPS) is 23.3. The number of sulfonamides is 2. The summed E-state index contributed by atoms with van der Waals surface area (Å²) in [5.41, 5.74) is 0. The van der Waals surface area contributed by atoms with Crippen LogP contribution in [0.1, 0.15) is 13.8 Å². The molecule has 2 rings (SSSR count). The van der Waals surface area contributed by atoms with Gasteiger partial charge >= 0.3 is 0 Å². The maximum atomic E-state index is 12.6. The smallest absolute Gasteiger partial charge is 0.243 e. The topological polar surface area (TPSA) is 95.6 Å². The Morgan fingerprint density at radius 3 is 1.87 bits per heavy atom. The van der Waals surface area contributed by atoms with Crippen molar-refractivity contribution >= 4 is 32.5 Å². The average molecular weight is 384 g/mol. The van der Waals surface area contributed by atoms with Gasteiger partial charge in [0.1, 0.15) is 0 Å². The minimum absolute atomic E-state index is 0. The monoisotopic (exact) mass is 383 g/mol. The van der Waals surface area contributed by atoms with Crippen LogP contribution in [0.5, 0.6) is 0 Å². The third-order valence-electron chi connectivity index (χ3n) is 3.56. The number of piperazine rings is 1. The third-order valence-corrected chi connectivity index (χ3v) is 6.84. The van der Waals surface area contributed by atoms with E-state index in [1.807, 2.05) is 13.8 Å². The standard InChI is InChI=1S/C13H21N3O4S2.ClH/c1-10-8-16(9-11(2)15-10)22(19,20)13-6-4-12(5-7-13)21(17,18)14-3;/h4-7,10-11,14-15H,8-9H2,1-3H3;1H. The molecule has 132 valence electrons. The van der Waals surface area contributed by atoms with Gasteiger partial charge in [-0.25, -0.2) is 21.6 Å².